The molecule has 0 fully saturated rings. The lowest BCUT2D eigenvalue weighted by Crippen LogP contribution is -2.09. The van der Waals surface area contributed by atoms with E-state index in [0.717, 1.165) is 33.8 Å². The summed E-state index contributed by atoms with van der Waals surface area (Å²) in [5, 5.41) is 9.26. The first-order chi connectivity index (χ1) is 15.2. The molecule has 1 aliphatic heterocycles. The van der Waals surface area contributed by atoms with E-state index in [9.17, 15) is 5.11 Å². The van der Waals surface area contributed by atoms with Crippen molar-refractivity contribution in [2.75, 3.05) is 26.9 Å². The Labute approximate surface area is 182 Å². The molecule has 2 heterocycles. The number of aliphatic hydroxyl groups excluding tert-OH is 1. The van der Waals surface area contributed by atoms with Gasteiger partial charge in [-0.15, -0.1) is 0 Å². The highest BCUT2D eigenvalue weighted by Crippen LogP contribution is 2.42. The van der Waals surface area contributed by atoms with E-state index in [2.05, 4.69) is 4.98 Å². The highest BCUT2D eigenvalue weighted by atomic mass is 16.5. The predicted octanol–water partition coefficient (Wildman–Crippen LogP) is 4.73. The second-order valence-electron chi connectivity index (χ2n) is 7.26. The molecule has 0 spiro atoms. The molecule has 0 saturated heterocycles. The number of para-hydroxylation sites is 1. The maximum atomic E-state index is 9.26. The van der Waals surface area contributed by atoms with Crippen LogP contribution in [0, 0.1) is 0 Å². The van der Waals surface area contributed by atoms with Crippen LogP contribution >= 0.6 is 0 Å². The summed E-state index contributed by atoms with van der Waals surface area (Å²) in [5.41, 5.74) is 4.00. The number of aromatic nitrogens is 1. The first kappa shape index (κ1) is 21.2. The summed E-state index contributed by atoms with van der Waals surface area (Å²) in [4.78, 5) is 4.30. The van der Waals surface area contributed by atoms with Crippen LogP contribution in [-0.4, -0.2) is 37.0 Å². The van der Waals surface area contributed by atoms with E-state index in [1.165, 1.54) is 0 Å². The van der Waals surface area contributed by atoms with Gasteiger partial charge in [0.2, 0.25) is 5.88 Å². The lowest BCUT2D eigenvalue weighted by Gasteiger charge is -2.18. The average Bonchev–Trinajstić information content (AvgIpc) is 3.22. The Hall–Kier alpha value is -3.09. The highest BCUT2D eigenvalue weighted by molar-refractivity contribution is 5.72. The molecule has 6 heteroatoms. The van der Waals surface area contributed by atoms with Gasteiger partial charge in [-0.2, -0.15) is 0 Å². The smallest absolute Gasteiger partial charge is 0.212 e. The Balaban J connectivity index is 1.51. The van der Waals surface area contributed by atoms with E-state index in [-0.39, 0.29) is 18.8 Å². The molecule has 2 atom stereocenters. The zero-order valence-corrected chi connectivity index (χ0v) is 17.8. The zero-order chi connectivity index (χ0) is 21.6. The number of aliphatic hydroxyl groups is 1. The minimum absolute atomic E-state index is 0.0885. The fourth-order valence-electron chi connectivity index (χ4n) is 3.79. The van der Waals surface area contributed by atoms with Crippen molar-refractivity contribution in [3.8, 4) is 28.5 Å². The third-order valence-corrected chi connectivity index (χ3v) is 5.32. The maximum Gasteiger partial charge on any atom is 0.212 e. The molecule has 0 radical (unpaired) electrons. The predicted molar refractivity (Wildman–Crippen MR) is 118 cm³/mol. The Kier molecular flexibility index (Phi) is 6.70. The van der Waals surface area contributed by atoms with Crippen molar-refractivity contribution < 1.29 is 24.1 Å². The zero-order valence-electron chi connectivity index (χ0n) is 17.8. The number of methoxy groups -OCH3 is 1. The van der Waals surface area contributed by atoms with Gasteiger partial charge >= 0.3 is 0 Å². The molecule has 162 valence electrons. The van der Waals surface area contributed by atoms with Crippen molar-refractivity contribution in [1.29, 1.82) is 0 Å². The number of pyridine rings is 1. The van der Waals surface area contributed by atoms with E-state index < -0.39 is 0 Å². The van der Waals surface area contributed by atoms with Crippen LogP contribution in [0.25, 0.3) is 11.1 Å². The first-order valence-electron chi connectivity index (χ1n) is 10.5. The van der Waals surface area contributed by atoms with Crippen molar-refractivity contribution in [3.05, 3.63) is 71.9 Å². The fourth-order valence-corrected chi connectivity index (χ4v) is 3.79. The van der Waals surface area contributed by atoms with Crippen LogP contribution in [0.4, 0.5) is 0 Å². The highest BCUT2D eigenvalue weighted by Gasteiger charge is 2.28. The lowest BCUT2D eigenvalue weighted by molar-refractivity contribution is 0.0431. The summed E-state index contributed by atoms with van der Waals surface area (Å²) in [5.74, 6) is 2.17. The van der Waals surface area contributed by atoms with E-state index in [0.29, 0.717) is 25.5 Å². The standard InChI is InChI=1S/C25H27NO5/c1-3-29-22(13-14-27)17-7-10-19(11-8-17)31-23-16-30-25-20(5-4-6-21(23)25)18-9-12-24(28-2)26-15-18/h4-12,15,22-23,27H,3,13-14,16H2,1-2H3/t22-,23+/m0/s1. The number of fused-ring (bicyclic) bond motifs is 1. The third kappa shape index (κ3) is 4.65. The van der Waals surface area contributed by atoms with Gasteiger partial charge in [0.1, 0.15) is 18.1 Å². The number of hydrogen-bond donors (Lipinski definition) is 1. The summed E-state index contributed by atoms with van der Waals surface area (Å²) < 4.78 is 23.1. The molecule has 6 nitrogen and oxygen atoms in total. The molecule has 0 aliphatic carbocycles. The Morgan fingerprint density at radius 1 is 1.13 bits per heavy atom. The van der Waals surface area contributed by atoms with Crippen LogP contribution < -0.4 is 14.2 Å². The van der Waals surface area contributed by atoms with Crippen molar-refractivity contribution in [2.24, 2.45) is 0 Å². The molecule has 1 aliphatic rings. The van der Waals surface area contributed by atoms with E-state index >= 15 is 0 Å². The molecule has 1 N–H and O–H groups in total. The second-order valence-corrected chi connectivity index (χ2v) is 7.26. The van der Waals surface area contributed by atoms with Crippen molar-refractivity contribution in [2.45, 2.75) is 25.6 Å². The van der Waals surface area contributed by atoms with Gasteiger partial charge in [0.25, 0.3) is 0 Å². The van der Waals surface area contributed by atoms with E-state index in [4.69, 9.17) is 18.9 Å². The van der Waals surface area contributed by atoms with Gasteiger partial charge in [0, 0.05) is 48.6 Å². The number of nitrogens with zero attached hydrogens (tertiary/aromatic N) is 1. The summed E-state index contributed by atoms with van der Waals surface area (Å²) in [7, 11) is 1.60. The van der Waals surface area contributed by atoms with Crippen molar-refractivity contribution in [3.63, 3.8) is 0 Å². The molecule has 3 aromatic rings. The average molecular weight is 421 g/mol. The van der Waals surface area contributed by atoms with Crippen LogP contribution in [0.1, 0.15) is 36.7 Å². The minimum atomic E-state index is -0.188. The van der Waals surface area contributed by atoms with Gasteiger partial charge < -0.3 is 24.1 Å². The molecule has 0 unspecified atom stereocenters. The van der Waals surface area contributed by atoms with Gasteiger partial charge in [-0.25, -0.2) is 4.98 Å². The monoisotopic (exact) mass is 421 g/mol. The van der Waals surface area contributed by atoms with Crippen LogP contribution in [0.5, 0.6) is 17.4 Å². The van der Waals surface area contributed by atoms with E-state index in [1.54, 1.807) is 13.3 Å². The van der Waals surface area contributed by atoms with Crippen LogP contribution in [0.2, 0.25) is 0 Å². The normalized spacial score (nSPS) is 15.8. The van der Waals surface area contributed by atoms with Crippen molar-refractivity contribution in [1.82, 2.24) is 4.98 Å². The van der Waals surface area contributed by atoms with Gasteiger partial charge in [-0.3, -0.25) is 0 Å². The fraction of sp³-hybridized carbons (Fsp3) is 0.320. The topological polar surface area (TPSA) is 70.0 Å². The van der Waals surface area contributed by atoms with Gasteiger partial charge in [-0.05, 0) is 30.7 Å². The number of benzene rings is 2. The molecular weight excluding hydrogens is 394 g/mol. The third-order valence-electron chi connectivity index (χ3n) is 5.32. The van der Waals surface area contributed by atoms with Crippen LogP contribution in [0.15, 0.2) is 60.8 Å². The largest absolute Gasteiger partial charge is 0.488 e. The van der Waals surface area contributed by atoms with Gasteiger partial charge in [-0.1, -0.05) is 30.3 Å². The molecule has 1 aromatic heterocycles. The maximum absolute atomic E-state index is 9.26. The first-order valence-corrected chi connectivity index (χ1v) is 10.5. The molecule has 31 heavy (non-hydrogen) atoms. The Morgan fingerprint density at radius 2 is 1.97 bits per heavy atom. The summed E-state index contributed by atoms with van der Waals surface area (Å²) in [6.45, 7) is 3.09. The minimum Gasteiger partial charge on any atom is -0.488 e. The van der Waals surface area contributed by atoms with E-state index in [1.807, 2.05) is 61.5 Å². The Bertz CT molecular complexity index is 982. The van der Waals surface area contributed by atoms with Crippen molar-refractivity contribution >= 4 is 0 Å². The van der Waals surface area contributed by atoms with Gasteiger partial charge in [0.05, 0.1) is 13.2 Å². The van der Waals surface area contributed by atoms with Crippen LogP contribution in [0.3, 0.4) is 0 Å². The Morgan fingerprint density at radius 3 is 2.65 bits per heavy atom. The second kappa shape index (κ2) is 9.81. The number of hydrogen-bond acceptors (Lipinski definition) is 6. The molecule has 2 aromatic carbocycles. The van der Waals surface area contributed by atoms with Crippen LogP contribution in [-0.2, 0) is 4.74 Å². The molecule has 0 amide bonds. The summed E-state index contributed by atoms with van der Waals surface area (Å²) in [6, 6.07) is 17.7. The molecular formula is C25H27NO5. The molecule has 0 saturated carbocycles. The summed E-state index contributed by atoms with van der Waals surface area (Å²) >= 11 is 0. The quantitative estimate of drug-likeness (QED) is 0.539. The summed E-state index contributed by atoms with van der Waals surface area (Å²) in [6.07, 6.45) is 2.06. The SMILES string of the molecule is CCO[C@@H](CCO)c1ccc(O[C@@H]2COc3c(-c4ccc(OC)nc4)cccc32)cc1. The number of rotatable bonds is 9. The molecule has 4 rings (SSSR count). The molecule has 0 bridgehead atoms. The lowest BCUT2D eigenvalue weighted by atomic mass is 10.0. The van der Waals surface area contributed by atoms with Gasteiger partial charge in [0.15, 0.2) is 6.10 Å². The number of ether oxygens (including phenoxy) is 4.